The highest BCUT2D eigenvalue weighted by Crippen LogP contribution is 2.32. The molecule has 122 valence electrons. The van der Waals surface area contributed by atoms with E-state index in [1.807, 2.05) is 30.3 Å². The number of amides is 1. The Morgan fingerprint density at radius 2 is 2.00 bits per heavy atom. The van der Waals surface area contributed by atoms with Crippen molar-refractivity contribution in [3.63, 3.8) is 0 Å². The summed E-state index contributed by atoms with van der Waals surface area (Å²) < 4.78 is 14.1. The third-order valence-electron chi connectivity index (χ3n) is 4.40. The smallest absolute Gasteiger partial charge is 0.270 e. The quantitative estimate of drug-likeness (QED) is 0.728. The first-order chi connectivity index (χ1) is 11.6. The average molecular weight is 343 g/mol. The zero-order chi connectivity index (χ0) is 16.7. The Bertz CT molecular complexity index is 863. The Morgan fingerprint density at radius 3 is 2.71 bits per heavy atom. The third-order valence-corrected chi connectivity index (χ3v) is 4.75. The van der Waals surface area contributed by atoms with Crippen molar-refractivity contribution in [2.45, 2.75) is 25.4 Å². The predicted molar refractivity (Wildman–Crippen MR) is 92.6 cm³/mol. The van der Waals surface area contributed by atoms with Crippen molar-refractivity contribution in [3.8, 4) is 0 Å². The lowest BCUT2D eigenvalue weighted by atomic mass is 10.2. The Labute approximate surface area is 144 Å². The van der Waals surface area contributed by atoms with E-state index in [4.69, 9.17) is 11.6 Å². The molecule has 5 heteroatoms. The molecule has 3 nitrogen and oxygen atoms in total. The Hall–Kier alpha value is -2.33. The van der Waals surface area contributed by atoms with Gasteiger partial charge < -0.3 is 9.88 Å². The van der Waals surface area contributed by atoms with Crippen LogP contribution >= 0.6 is 11.6 Å². The number of hydrogen-bond donors (Lipinski definition) is 1. The van der Waals surface area contributed by atoms with Gasteiger partial charge in [-0.1, -0.05) is 35.9 Å². The molecule has 0 spiro atoms. The van der Waals surface area contributed by atoms with Crippen molar-refractivity contribution in [1.82, 2.24) is 9.88 Å². The molecule has 1 saturated carbocycles. The molecule has 1 heterocycles. The van der Waals surface area contributed by atoms with Gasteiger partial charge in [-0.05, 0) is 37.1 Å². The summed E-state index contributed by atoms with van der Waals surface area (Å²) in [5, 5.41) is 1.34. The highest BCUT2D eigenvalue weighted by molar-refractivity contribution is 6.31. The number of H-pyrrole nitrogens is 1. The van der Waals surface area contributed by atoms with Crippen LogP contribution in [0, 0.1) is 5.82 Å². The van der Waals surface area contributed by atoms with Gasteiger partial charge in [0.25, 0.3) is 5.91 Å². The minimum absolute atomic E-state index is 0.118. The fraction of sp³-hybridized carbons (Fsp3) is 0.211. The molecule has 0 bridgehead atoms. The van der Waals surface area contributed by atoms with Gasteiger partial charge in [-0.3, -0.25) is 4.79 Å². The minimum atomic E-state index is -0.377. The second-order valence-corrected chi connectivity index (χ2v) is 6.54. The van der Waals surface area contributed by atoms with Gasteiger partial charge in [-0.25, -0.2) is 4.39 Å². The lowest BCUT2D eigenvalue weighted by molar-refractivity contribution is 0.0723. The summed E-state index contributed by atoms with van der Waals surface area (Å²) in [5.41, 5.74) is 1.81. The first-order valence-electron chi connectivity index (χ1n) is 7.95. The van der Waals surface area contributed by atoms with E-state index < -0.39 is 0 Å². The Morgan fingerprint density at radius 1 is 1.21 bits per heavy atom. The first kappa shape index (κ1) is 15.2. The summed E-state index contributed by atoms with van der Waals surface area (Å²) in [7, 11) is 0. The van der Waals surface area contributed by atoms with Gasteiger partial charge in [0.2, 0.25) is 0 Å². The van der Waals surface area contributed by atoms with E-state index in [9.17, 15) is 9.18 Å². The minimum Gasteiger partial charge on any atom is -0.351 e. The molecule has 1 aliphatic rings. The number of carbonyl (C=O) groups is 1. The molecule has 1 aliphatic carbocycles. The van der Waals surface area contributed by atoms with Crippen LogP contribution in [0.1, 0.15) is 28.9 Å². The van der Waals surface area contributed by atoms with E-state index >= 15 is 0 Å². The summed E-state index contributed by atoms with van der Waals surface area (Å²) >= 11 is 6.13. The number of benzene rings is 2. The summed E-state index contributed by atoms with van der Waals surface area (Å²) in [5.74, 6) is -0.495. The number of aromatic nitrogens is 1. The molecule has 24 heavy (non-hydrogen) atoms. The molecule has 1 amide bonds. The number of aromatic amines is 1. The molecule has 1 fully saturated rings. The summed E-state index contributed by atoms with van der Waals surface area (Å²) in [6, 6.07) is 14.3. The van der Waals surface area contributed by atoms with Crippen LogP contribution in [-0.2, 0) is 6.54 Å². The fourth-order valence-corrected chi connectivity index (χ4v) is 3.17. The lowest BCUT2D eigenvalue weighted by Gasteiger charge is -2.22. The first-order valence-corrected chi connectivity index (χ1v) is 8.33. The maximum atomic E-state index is 14.1. The van der Waals surface area contributed by atoms with E-state index in [2.05, 4.69) is 4.98 Å². The number of halogens is 2. The van der Waals surface area contributed by atoms with E-state index in [0.717, 1.165) is 23.7 Å². The number of nitrogens with one attached hydrogen (secondary N) is 1. The molecule has 0 unspecified atom stereocenters. The predicted octanol–water partition coefficient (Wildman–Crippen LogP) is 4.77. The zero-order valence-corrected chi connectivity index (χ0v) is 13.7. The molecule has 3 aromatic rings. The van der Waals surface area contributed by atoms with Crippen LogP contribution in [0.3, 0.4) is 0 Å². The van der Waals surface area contributed by atoms with Crippen molar-refractivity contribution in [2.75, 3.05) is 0 Å². The van der Waals surface area contributed by atoms with Gasteiger partial charge in [0, 0.05) is 27.5 Å². The van der Waals surface area contributed by atoms with Crippen LogP contribution in [0.5, 0.6) is 0 Å². The van der Waals surface area contributed by atoms with Crippen molar-refractivity contribution < 1.29 is 9.18 Å². The average Bonchev–Trinajstić information content (AvgIpc) is 3.31. The molecule has 1 aromatic heterocycles. The summed E-state index contributed by atoms with van der Waals surface area (Å²) in [6.45, 7) is 0.185. The Balaban J connectivity index is 1.66. The molecule has 0 aliphatic heterocycles. The molecule has 1 N–H and O–H groups in total. The maximum absolute atomic E-state index is 14.1. The van der Waals surface area contributed by atoms with E-state index in [-0.39, 0.29) is 24.3 Å². The Kier molecular flexibility index (Phi) is 3.77. The number of nitrogens with zero attached hydrogens (tertiary/aromatic N) is 1. The van der Waals surface area contributed by atoms with Crippen molar-refractivity contribution >= 4 is 28.4 Å². The maximum Gasteiger partial charge on any atom is 0.270 e. The van der Waals surface area contributed by atoms with Crippen LogP contribution in [0.2, 0.25) is 5.02 Å². The second-order valence-electron chi connectivity index (χ2n) is 6.13. The number of para-hydroxylation sites is 1. The second kappa shape index (κ2) is 5.95. The highest BCUT2D eigenvalue weighted by Gasteiger charge is 2.34. The molecular weight excluding hydrogens is 327 g/mol. The normalized spacial score (nSPS) is 14.1. The number of hydrogen-bond acceptors (Lipinski definition) is 1. The molecular formula is C19H16ClFN2O. The van der Waals surface area contributed by atoms with Crippen molar-refractivity contribution in [3.05, 3.63) is 70.6 Å². The molecule has 0 atom stereocenters. The van der Waals surface area contributed by atoms with Gasteiger partial charge in [0.1, 0.15) is 11.5 Å². The van der Waals surface area contributed by atoms with Crippen LogP contribution in [-0.4, -0.2) is 21.8 Å². The van der Waals surface area contributed by atoms with E-state index in [1.54, 1.807) is 17.0 Å². The lowest BCUT2D eigenvalue weighted by Crippen LogP contribution is -2.33. The molecule has 0 saturated heterocycles. The number of fused-ring (bicyclic) bond motifs is 1. The molecule has 0 radical (unpaired) electrons. The topological polar surface area (TPSA) is 36.1 Å². The van der Waals surface area contributed by atoms with Gasteiger partial charge >= 0.3 is 0 Å². The summed E-state index contributed by atoms with van der Waals surface area (Å²) in [6.07, 6.45) is 1.89. The van der Waals surface area contributed by atoms with Gasteiger partial charge in [0.05, 0.1) is 6.54 Å². The third kappa shape index (κ3) is 2.78. The molecule has 4 rings (SSSR count). The largest absolute Gasteiger partial charge is 0.351 e. The zero-order valence-electron chi connectivity index (χ0n) is 12.9. The number of carbonyl (C=O) groups excluding carboxylic acids is 1. The summed E-state index contributed by atoms with van der Waals surface area (Å²) in [4.78, 5) is 17.8. The standard InChI is InChI=1S/C19H16ClFN2O/c20-15-5-3-6-16(21)14(15)11-23(13-8-9-13)19(24)18-10-12-4-1-2-7-17(12)22-18/h1-7,10,13,22H,8-9,11H2. The van der Waals surface area contributed by atoms with Crippen molar-refractivity contribution in [2.24, 2.45) is 0 Å². The SMILES string of the molecule is O=C(c1cc2ccccc2[nH]1)N(Cc1c(F)cccc1Cl)C1CC1. The monoisotopic (exact) mass is 342 g/mol. The van der Waals surface area contributed by atoms with Gasteiger partial charge in [-0.15, -0.1) is 0 Å². The van der Waals surface area contributed by atoms with E-state index in [1.165, 1.54) is 6.07 Å². The molecule has 2 aromatic carbocycles. The van der Waals surface area contributed by atoms with Gasteiger partial charge in [0.15, 0.2) is 0 Å². The van der Waals surface area contributed by atoms with Crippen molar-refractivity contribution in [1.29, 1.82) is 0 Å². The fourth-order valence-electron chi connectivity index (χ4n) is 2.95. The van der Waals surface area contributed by atoms with Crippen LogP contribution < -0.4 is 0 Å². The van der Waals surface area contributed by atoms with Gasteiger partial charge in [-0.2, -0.15) is 0 Å². The van der Waals surface area contributed by atoms with Crippen LogP contribution in [0.25, 0.3) is 10.9 Å². The van der Waals surface area contributed by atoms with Crippen LogP contribution in [0.15, 0.2) is 48.5 Å². The van der Waals surface area contributed by atoms with Crippen LogP contribution in [0.4, 0.5) is 4.39 Å². The van der Waals surface area contributed by atoms with E-state index in [0.29, 0.717) is 16.3 Å². The highest BCUT2D eigenvalue weighted by atomic mass is 35.5. The number of rotatable bonds is 4.